The van der Waals surface area contributed by atoms with Gasteiger partial charge in [0.15, 0.2) is 0 Å². The maximum Gasteiger partial charge on any atom is 0.408 e. The fraction of sp³-hybridized carbons (Fsp3) is 0.583. The van der Waals surface area contributed by atoms with Gasteiger partial charge in [0.1, 0.15) is 16.6 Å². The Bertz CT molecular complexity index is 1790. The number of nitrogens with one attached hydrogen (secondary N) is 3. The van der Waals surface area contributed by atoms with Crippen molar-refractivity contribution in [3.63, 3.8) is 0 Å². The standard InChI is InChI=1S/C36H48ClF2N7O7S/c1-35(2,3)53-34(50)42-23-31(47)40-14-15-41-33(49)24-6-8-25(9-7-24)36(38,39)26-21-29(37)43-30(22-26)44-17-19-45(20-18-44)54(51,52)28-12-10-27(11-13-28)46-16-4-5-32(46)48/h10-13,21-22,24-25H,4-9,14-20,23H2,1-3H3,(H,40,47)(H,41,49)(H,42,50). The van der Waals surface area contributed by atoms with Gasteiger partial charge >= 0.3 is 6.09 Å². The van der Waals surface area contributed by atoms with Gasteiger partial charge in [-0.25, -0.2) is 27.0 Å². The van der Waals surface area contributed by atoms with Gasteiger partial charge in [-0.05, 0) is 89.3 Å². The van der Waals surface area contributed by atoms with Gasteiger partial charge in [0.2, 0.25) is 27.7 Å². The molecule has 0 atom stereocenters. The summed E-state index contributed by atoms with van der Waals surface area (Å²) in [5, 5.41) is 7.56. The van der Waals surface area contributed by atoms with Gasteiger partial charge in [-0.1, -0.05) is 11.6 Å². The number of pyridine rings is 1. The molecule has 4 amide bonds. The van der Waals surface area contributed by atoms with Crippen molar-refractivity contribution in [3.05, 3.63) is 47.1 Å². The van der Waals surface area contributed by atoms with Gasteiger partial charge in [0, 0.05) is 75.3 Å². The van der Waals surface area contributed by atoms with Gasteiger partial charge in [-0.3, -0.25) is 14.4 Å². The first-order chi connectivity index (χ1) is 25.4. The minimum atomic E-state index is -3.83. The third kappa shape index (κ3) is 10.4. The number of hydrogen-bond acceptors (Lipinski definition) is 9. The number of ether oxygens (including phenoxy) is 1. The molecule has 1 aliphatic carbocycles. The number of halogens is 3. The Morgan fingerprint density at radius 1 is 0.926 bits per heavy atom. The molecule has 296 valence electrons. The molecule has 2 aliphatic heterocycles. The molecule has 0 bridgehead atoms. The summed E-state index contributed by atoms with van der Waals surface area (Å²) in [6.07, 6.45) is 1.26. The quantitative estimate of drug-likeness (QED) is 0.212. The molecular formula is C36H48ClF2N7O7S. The molecule has 0 radical (unpaired) electrons. The zero-order chi connectivity index (χ0) is 39.3. The number of rotatable bonds is 12. The van der Waals surface area contributed by atoms with E-state index in [2.05, 4.69) is 20.9 Å². The van der Waals surface area contributed by atoms with Crippen LogP contribution in [-0.2, 0) is 35.1 Å². The minimum Gasteiger partial charge on any atom is -0.444 e. The van der Waals surface area contributed by atoms with Crippen LogP contribution in [0.4, 0.5) is 25.1 Å². The largest absolute Gasteiger partial charge is 0.444 e. The fourth-order valence-electron chi connectivity index (χ4n) is 6.88. The summed E-state index contributed by atoms with van der Waals surface area (Å²) in [6.45, 7) is 6.33. The number of alkyl halides is 2. The second-order valence-corrected chi connectivity index (χ2v) is 17.1. The van der Waals surface area contributed by atoms with Gasteiger partial charge in [0.25, 0.3) is 5.92 Å². The minimum absolute atomic E-state index is 0.0104. The summed E-state index contributed by atoms with van der Waals surface area (Å²) in [5.74, 6) is -5.21. The summed E-state index contributed by atoms with van der Waals surface area (Å²) >= 11 is 6.26. The first-order valence-corrected chi connectivity index (χ1v) is 20.0. The summed E-state index contributed by atoms with van der Waals surface area (Å²) in [5.41, 5.74) is -0.324. The van der Waals surface area contributed by atoms with Crippen molar-refractivity contribution in [2.75, 3.05) is 62.2 Å². The zero-order valence-corrected chi connectivity index (χ0v) is 32.3. The van der Waals surface area contributed by atoms with E-state index >= 15 is 8.78 Å². The van der Waals surface area contributed by atoms with Crippen molar-refractivity contribution in [2.45, 2.75) is 75.7 Å². The maximum atomic E-state index is 16.0. The van der Waals surface area contributed by atoms with Crippen LogP contribution in [-0.4, -0.2) is 99.5 Å². The van der Waals surface area contributed by atoms with E-state index in [-0.39, 0.29) is 105 Å². The lowest BCUT2D eigenvalue weighted by Gasteiger charge is -2.36. The Morgan fingerprint density at radius 3 is 2.19 bits per heavy atom. The molecule has 0 spiro atoms. The predicted octanol–water partition coefficient (Wildman–Crippen LogP) is 4.03. The van der Waals surface area contributed by atoms with Crippen LogP contribution in [0, 0.1) is 11.8 Å². The molecule has 14 nitrogen and oxygen atoms in total. The molecule has 1 aromatic heterocycles. The molecule has 3 heterocycles. The average molecular weight is 796 g/mol. The monoisotopic (exact) mass is 795 g/mol. The fourth-order valence-corrected chi connectivity index (χ4v) is 8.50. The van der Waals surface area contributed by atoms with E-state index < -0.39 is 45.4 Å². The topological polar surface area (TPSA) is 170 Å². The van der Waals surface area contributed by atoms with Crippen LogP contribution in [0.5, 0.6) is 0 Å². The summed E-state index contributed by atoms with van der Waals surface area (Å²) in [7, 11) is -3.83. The van der Waals surface area contributed by atoms with Crippen LogP contribution in [0.15, 0.2) is 41.3 Å². The van der Waals surface area contributed by atoms with E-state index in [1.807, 2.05) is 0 Å². The molecule has 3 N–H and O–H groups in total. The number of sulfonamides is 1. The lowest BCUT2D eigenvalue weighted by Crippen LogP contribution is -2.49. The number of aromatic nitrogens is 1. The lowest BCUT2D eigenvalue weighted by molar-refractivity contribution is -0.129. The van der Waals surface area contributed by atoms with Gasteiger partial charge in [-0.2, -0.15) is 4.31 Å². The van der Waals surface area contributed by atoms with Gasteiger partial charge in [-0.15, -0.1) is 0 Å². The molecule has 54 heavy (non-hydrogen) atoms. The number of carbonyl (C=O) groups excluding carboxylic acids is 4. The highest BCUT2D eigenvalue weighted by atomic mass is 35.5. The zero-order valence-electron chi connectivity index (χ0n) is 30.7. The maximum absolute atomic E-state index is 16.0. The number of carbonyl (C=O) groups is 4. The third-order valence-electron chi connectivity index (χ3n) is 9.74. The summed E-state index contributed by atoms with van der Waals surface area (Å²) in [4.78, 5) is 56.2. The molecule has 1 saturated carbocycles. The van der Waals surface area contributed by atoms with E-state index in [1.165, 1.54) is 22.5 Å². The van der Waals surface area contributed by atoms with Crippen molar-refractivity contribution in [1.29, 1.82) is 0 Å². The van der Waals surface area contributed by atoms with Gasteiger partial charge in [0.05, 0.1) is 11.4 Å². The lowest BCUT2D eigenvalue weighted by atomic mass is 9.77. The molecule has 1 aromatic carbocycles. The summed E-state index contributed by atoms with van der Waals surface area (Å²) < 4.78 is 65.2. The number of alkyl carbamates (subject to hydrolysis) is 1. The molecule has 5 rings (SSSR count). The Morgan fingerprint density at radius 2 is 1.57 bits per heavy atom. The molecule has 2 aromatic rings. The van der Waals surface area contributed by atoms with E-state index in [1.54, 1.807) is 42.7 Å². The highest BCUT2D eigenvalue weighted by molar-refractivity contribution is 7.89. The number of anilines is 2. The Balaban J connectivity index is 1.08. The number of piperazine rings is 1. The second-order valence-electron chi connectivity index (χ2n) is 14.7. The Kier molecular flexibility index (Phi) is 13.0. The van der Waals surface area contributed by atoms with E-state index in [4.69, 9.17) is 16.3 Å². The van der Waals surface area contributed by atoms with Crippen LogP contribution in [0.3, 0.4) is 0 Å². The van der Waals surface area contributed by atoms with Crippen LogP contribution >= 0.6 is 11.6 Å². The van der Waals surface area contributed by atoms with Crippen molar-refractivity contribution < 1.29 is 41.1 Å². The highest BCUT2D eigenvalue weighted by Crippen LogP contribution is 2.46. The van der Waals surface area contributed by atoms with Crippen LogP contribution in [0.2, 0.25) is 5.15 Å². The molecule has 0 unspecified atom stereocenters. The summed E-state index contributed by atoms with van der Waals surface area (Å²) in [6, 6.07) is 8.72. The molecule has 3 aliphatic rings. The Labute approximate surface area is 319 Å². The van der Waals surface area contributed by atoms with Crippen molar-refractivity contribution in [3.8, 4) is 0 Å². The first-order valence-electron chi connectivity index (χ1n) is 18.2. The molecule has 3 fully saturated rings. The van der Waals surface area contributed by atoms with Crippen molar-refractivity contribution >= 4 is 56.9 Å². The normalized spacial score (nSPS) is 20.1. The smallest absolute Gasteiger partial charge is 0.408 e. The van der Waals surface area contributed by atoms with Crippen molar-refractivity contribution in [2.24, 2.45) is 11.8 Å². The van der Waals surface area contributed by atoms with Crippen molar-refractivity contribution in [1.82, 2.24) is 25.2 Å². The first kappa shape index (κ1) is 41.1. The SMILES string of the molecule is CC(C)(C)OC(=O)NCC(=O)NCCNC(=O)C1CCC(C(F)(F)c2cc(Cl)nc(N3CCN(S(=O)(=O)c4ccc(N5CCCC5=O)cc4)CC3)c2)CC1. The van der Waals surface area contributed by atoms with Crippen LogP contribution in [0.1, 0.15) is 64.9 Å². The number of amides is 4. The van der Waals surface area contributed by atoms with E-state index in [0.717, 1.165) is 12.5 Å². The van der Waals surface area contributed by atoms with Crippen LogP contribution in [0.25, 0.3) is 0 Å². The average Bonchev–Trinajstić information content (AvgIpc) is 3.57. The number of nitrogens with zero attached hydrogens (tertiary/aromatic N) is 4. The Hall–Kier alpha value is -4.09. The van der Waals surface area contributed by atoms with Crippen LogP contribution < -0.4 is 25.8 Å². The predicted molar refractivity (Wildman–Crippen MR) is 198 cm³/mol. The highest BCUT2D eigenvalue weighted by Gasteiger charge is 2.44. The number of benzene rings is 1. The molecule has 2 saturated heterocycles. The van der Waals surface area contributed by atoms with E-state index in [9.17, 15) is 27.6 Å². The van der Waals surface area contributed by atoms with Gasteiger partial charge < -0.3 is 30.5 Å². The third-order valence-corrected chi connectivity index (χ3v) is 11.8. The number of hydrogen-bond donors (Lipinski definition) is 3. The molecule has 18 heteroatoms. The van der Waals surface area contributed by atoms with E-state index in [0.29, 0.717) is 18.7 Å². The second kappa shape index (κ2) is 17.1. The molecular weight excluding hydrogens is 748 g/mol.